The van der Waals surface area contributed by atoms with Crippen molar-refractivity contribution >= 4 is 47.0 Å². The summed E-state index contributed by atoms with van der Waals surface area (Å²) < 4.78 is 5.45. The molecule has 0 spiro atoms. The van der Waals surface area contributed by atoms with E-state index >= 15 is 0 Å². The summed E-state index contributed by atoms with van der Waals surface area (Å²) in [6, 6.07) is 10.9. The number of ether oxygens (including phenoxy) is 1. The van der Waals surface area contributed by atoms with E-state index in [1.807, 2.05) is 24.3 Å². The van der Waals surface area contributed by atoms with Crippen LogP contribution in [0.5, 0.6) is 0 Å². The Morgan fingerprint density at radius 3 is 2.97 bits per heavy atom. The lowest BCUT2D eigenvalue weighted by Crippen LogP contribution is -2.28. The van der Waals surface area contributed by atoms with Gasteiger partial charge in [-0.1, -0.05) is 12.1 Å². The van der Waals surface area contributed by atoms with Gasteiger partial charge >= 0.3 is 6.09 Å². The average molecular weight is 442 g/mol. The zero-order valence-electron chi connectivity index (χ0n) is 17.0. The predicted molar refractivity (Wildman–Crippen MR) is 119 cm³/mol. The first-order valence-electron chi connectivity index (χ1n) is 10.0. The summed E-state index contributed by atoms with van der Waals surface area (Å²) in [4.78, 5) is 43.0. The average Bonchev–Trinajstić information content (AvgIpc) is 3.16. The van der Waals surface area contributed by atoms with Crippen molar-refractivity contribution in [3.05, 3.63) is 42.0 Å². The van der Waals surface area contributed by atoms with Gasteiger partial charge in [0.25, 0.3) is 5.91 Å². The Hall–Kier alpha value is -3.27. The molecule has 0 radical (unpaired) electrons. The zero-order valence-corrected chi connectivity index (χ0v) is 17.8. The molecular weight excluding hydrogens is 418 g/mol. The van der Waals surface area contributed by atoms with Gasteiger partial charge in [0, 0.05) is 19.3 Å². The molecule has 1 saturated heterocycles. The van der Waals surface area contributed by atoms with Crippen molar-refractivity contribution in [1.29, 1.82) is 0 Å². The highest BCUT2D eigenvalue weighted by molar-refractivity contribution is 8.00. The maximum Gasteiger partial charge on any atom is 0.415 e. The van der Waals surface area contributed by atoms with E-state index in [1.165, 1.54) is 16.7 Å². The number of fused-ring (bicyclic) bond motifs is 1. The molecule has 0 bridgehead atoms. The van der Waals surface area contributed by atoms with E-state index in [4.69, 9.17) is 4.74 Å². The molecule has 1 fully saturated rings. The van der Waals surface area contributed by atoms with Gasteiger partial charge in [0.1, 0.15) is 17.7 Å². The number of hydrogen-bond donors (Lipinski definition) is 3. The molecule has 3 heterocycles. The summed E-state index contributed by atoms with van der Waals surface area (Å²) in [5.41, 5.74) is 1.36. The van der Waals surface area contributed by atoms with Crippen molar-refractivity contribution in [3.8, 4) is 0 Å². The Balaban J connectivity index is 1.28. The number of thioether (sulfide) groups is 1. The van der Waals surface area contributed by atoms with Crippen LogP contribution in [0.4, 0.5) is 22.1 Å². The first-order chi connectivity index (χ1) is 15.0. The molecule has 1 aromatic carbocycles. The number of carbonyl (C=O) groups excluding carboxylic acids is 3. The van der Waals surface area contributed by atoms with E-state index in [0.29, 0.717) is 48.9 Å². The molecule has 1 atom stereocenters. The molecule has 9 nitrogen and oxygen atoms in total. The summed E-state index contributed by atoms with van der Waals surface area (Å²) in [7, 11) is 1.77. The van der Waals surface area contributed by atoms with Gasteiger partial charge in [0.2, 0.25) is 5.91 Å². The Morgan fingerprint density at radius 2 is 2.13 bits per heavy atom. The van der Waals surface area contributed by atoms with Gasteiger partial charge < -0.3 is 20.7 Å². The third-order valence-corrected chi connectivity index (χ3v) is 6.09. The van der Waals surface area contributed by atoms with E-state index in [-0.39, 0.29) is 17.9 Å². The Labute approximate surface area is 183 Å². The van der Waals surface area contributed by atoms with Crippen molar-refractivity contribution < 1.29 is 19.1 Å². The number of hydrogen-bond acceptors (Lipinski definition) is 7. The zero-order chi connectivity index (χ0) is 21.8. The largest absolute Gasteiger partial charge is 0.444 e. The van der Waals surface area contributed by atoms with Gasteiger partial charge in [-0.05, 0) is 37.1 Å². The Bertz CT molecular complexity index is 1020. The molecular formula is C21H23N5O4S. The second kappa shape index (κ2) is 9.25. The highest BCUT2D eigenvalue weighted by Crippen LogP contribution is 2.32. The van der Waals surface area contributed by atoms with Crippen LogP contribution in [0.25, 0.3) is 0 Å². The first-order valence-corrected chi connectivity index (χ1v) is 11.0. The lowest BCUT2D eigenvalue weighted by Gasteiger charge is -2.18. The van der Waals surface area contributed by atoms with Gasteiger partial charge in [0.05, 0.1) is 22.8 Å². The number of para-hydroxylation sites is 1. The van der Waals surface area contributed by atoms with Crippen LogP contribution in [0.2, 0.25) is 0 Å². The molecule has 2 aliphatic heterocycles. The maximum atomic E-state index is 12.4. The fourth-order valence-corrected chi connectivity index (χ4v) is 4.25. The Kier molecular flexibility index (Phi) is 6.26. The molecule has 1 aromatic heterocycles. The summed E-state index contributed by atoms with van der Waals surface area (Å²) >= 11 is 1.42. The van der Waals surface area contributed by atoms with Gasteiger partial charge in [-0.15, -0.1) is 11.8 Å². The number of carbonyl (C=O) groups is 3. The molecule has 2 aromatic rings. The maximum absolute atomic E-state index is 12.4. The van der Waals surface area contributed by atoms with E-state index in [9.17, 15) is 14.4 Å². The van der Waals surface area contributed by atoms with Crippen LogP contribution >= 0.6 is 11.8 Å². The molecule has 0 saturated carbocycles. The van der Waals surface area contributed by atoms with Crippen molar-refractivity contribution in [3.63, 3.8) is 0 Å². The van der Waals surface area contributed by atoms with Crippen LogP contribution in [0.1, 0.15) is 23.2 Å². The highest BCUT2D eigenvalue weighted by Gasteiger charge is 2.33. The topological polar surface area (TPSA) is 113 Å². The quantitative estimate of drug-likeness (QED) is 0.566. The second-order valence-electron chi connectivity index (χ2n) is 7.16. The normalized spacial score (nSPS) is 17.6. The van der Waals surface area contributed by atoms with Crippen LogP contribution < -0.4 is 20.9 Å². The number of anilines is 3. The van der Waals surface area contributed by atoms with Crippen molar-refractivity contribution in [2.45, 2.75) is 23.8 Å². The molecule has 4 rings (SSSR count). The summed E-state index contributed by atoms with van der Waals surface area (Å²) in [5, 5.41) is 8.64. The molecule has 2 aliphatic rings. The van der Waals surface area contributed by atoms with Crippen molar-refractivity contribution in [1.82, 2.24) is 10.3 Å². The fraction of sp³-hybridized carbons (Fsp3) is 0.333. The first kappa shape index (κ1) is 21.0. The highest BCUT2D eigenvalue weighted by atomic mass is 32.2. The molecule has 3 N–H and O–H groups in total. The van der Waals surface area contributed by atoms with Crippen LogP contribution in [-0.2, 0) is 9.53 Å². The smallest absolute Gasteiger partial charge is 0.415 e. The molecule has 162 valence electrons. The SMILES string of the molecule is CNc1ccccc1C(=O)NCCC[C@H]1CN(c2ccc3c(n2)NC(=O)CS3)C(=O)O1. The third-order valence-electron chi connectivity index (χ3n) is 5.04. The van der Waals surface area contributed by atoms with Crippen molar-refractivity contribution in [2.75, 3.05) is 41.4 Å². The number of cyclic esters (lactones) is 1. The van der Waals surface area contributed by atoms with Gasteiger partial charge in [0.15, 0.2) is 0 Å². The standard InChI is InChI=1S/C21H23N5O4S/c1-22-15-7-3-2-6-14(15)20(28)23-10-4-5-13-11-26(21(29)30-13)17-9-8-16-19(24-17)25-18(27)12-31-16/h2-3,6-9,13,22H,4-5,10-12H2,1H3,(H,23,28)(H,24,25,27)/t13-/m0/s1. The molecule has 31 heavy (non-hydrogen) atoms. The molecule has 0 aliphatic carbocycles. The van der Waals surface area contributed by atoms with E-state index in [2.05, 4.69) is 20.9 Å². The molecule has 10 heteroatoms. The molecule has 0 unspecified atom stereocenters. The minimum absolute atomic E-state index is 0.108. The summed E-state index contributed by atoms with van der Waals surface area (Å²) in [6.45, 7) is 0.855. The third kappa shape index (κ3) is 4.74. The van der Waals surface area contributed by atoms with Crippen molar-refractivity contribution in [2.24, 2.45) is 0 Å². The van der Waals surface area contributed by atoms with Gasteiger partial charge in [-0.3, -0.25) is 14.5 Å². The number of aromatic nitrogens is 1. The van der Waals surface area contributed by atoms with Gasteiger partial charge in [-0.2, -0.15) is 0 Å². The van der Waals surface area contributed by atoms with Gasteiger partial charge in [-0.25, -0.2) is 9.78 Å². The minimum atomic E-state index is -0.459. The van der Waals surface area contributed by atoms with Crippen LogP contribution in [0, 0.1) is 0 Å². The Morgan fingerprint density at radius 1 is 1.29 bits per heavy atom. The summed E-state index contributed by atoms with van der Waals surface area (Å²) in [6.07, 6.45) is 0.548. The number of pyridine rings is 1. The number of nitrogens with one attached hydrogen (secondary N) is 3. The van der Waals surface area contributed by atoms with E-state index in [0.717, 1.165) is 10.6 Å². The number of benzene rings is 1. The second-order valence-corrected chi connectivity index (χ2v) is 8.18. The lowest BCUT2D eigenvalue weighted by atomic mass is 10.1. The van der Waals surface area contributed by atoms with Crippen LogP contribution in [-0.4, -0.2) is 54.9 Å². The van der Waals surface area contributed by atoms with E-state index < -0.39 is 6.09 Å². The number of rotatable bonds is 7. The fourth-order valence-electron chi connectivity index (χ4n) is 3.49. The number of nitrogens with zero attached hydrogens (tertiary/aromatic N) is 2. The van der Waals surface area contributed by atoms with Crippen LogP contribution in [0.15, 0.2) is 41.3 Å². The number of amides is 3. The summed E-state index contributed by atoms with van der Waals surface area (Å²) in [5.74, 6) is 1.03. The van der Waals surface area contributed by atoms with Crippen LogP contribution in [0.3, 0.4) is 0 Å². The minimum Gasteiger partial charge on any atom is -0.444 e. The lowest BCUT2D eigenvalue weighted by molar-refractivity contribution is -0.113. The van der Waals surface area contributed by atoms with E-state index in [1.54, 1.807) is 19.2 Å². The monoisotopic (exact) mass is 441 g/mol. The predicted octanol–water partition coefficient (Wildman–Crippen LogP) is 2.70. The molecule has 3 amide bonds.